The van der Waals surface area contributed by atoms with Crippen molar-refractivity contribution in [2.75, 3.05) is 20.1 Å². The molecule has 3 nitrogen and oxygen atoms in total. The summed E-state index contributed by atoms with van der Waals surface area (Å²) in [5.74, 6) is 5.52. The summed E-state index contributed by atoms with van der Waals surface area (Å²) in [6, 6.07) is 19.7. The molecule has 0 saturated heterocycles. The van der Waals surface area contributed by atoms with E-state index in [4.69, 9.17) is 5.11 Å². The third-order valence-electron chi connectivity index (χ3n) is 3.21. The number of hydrogen-bond donors (Lipinski definition) is 1. The maximum atomic E-state index is 10.7. The molecular weight excluding hydrogens is 286 g/mol. The van der Waals surface area contributed by atoms with Crippen LogP contribution in [-0.4, -0.2) is 36.1 Å². The van der Waals surface area contributed by atoms with Crippen molar-refractivity contribution >= 4 is 11.5 Å². The van der Waals surface area contributed by atoms with Gasteiger partial charge in [0.15, 0.2) is 0 Å². The molecule has 1 N–H and O–H groups in total. The van der Waals surface area contributed by atoms with E-state index in [0.29, 0.717) is 6.54 Å². The number of likely N-dealkylation sites (N-methyl/N-ethyl adjacent to an activating group) is 1. The van der Waals surface area contributed by atoms with Gasteiger partial charge in [0.25, 0.3) is 0 Å². The van der Waals surface area contributed by atoms with Crippen LogP contribution in [0.15, 0.2) is 66.7 Å². The molecule has 0 amide bonds. The van der Waals surface area contributed by atoms with Gasteiger partial charge in [0.2, 0.25) is 0 Å². The van der Waals surface area contributed by atoms with E-state index in [0.717, 1.165) is 16.7 Å². The van der Waals surface area contributed by atoms with Crippen LogP contribution in [0.1, 0.15) is 11.1 Å². The first-order valence-corrected chi connectivity index (χ1v) is 7.38. The summed E-state index contributed by atoms with van der Waals surface area (Å²) >= 11 is 0. The zero-order valence-electron chi connectivity index (χ0n) is 13.1. The first-order chi connectivity index (χ1) is 11.1. The molecule has 0 radical (unpaired) electrons. The molecule has 116 valence electrons. The molecule has 0 saturated carbocycles. The number of aliphatic carboxylic acids is 1. The Morgan fingerprint density at radius 3 is 2.30 bits per heavy atom. The zero-order valence-corrected chi connectivity index (χ0v) is 13.1. The fraction of sp³-hybridized carbons (Fsp3) is 0.150. The topological polar surface area (TPSA) is 40.5 Å². The molecule has 0 aromatic heterocycles. The van der Waals surface area contributed by atoms with Crippen LogP contribution in [0.25, 0.3) is 5.57 Å². The molecule has 0 fully saturated rings. The SMILES string of the molecule is CN(CC=C(C#Cc1ccccc1)c1ccccc1)CC(=O)O. The van der Waals surface area contributed by atoms with Gasteiger partial charge in [-0.2, -0.15) is 0 Å². The number of hydrogen-bond acceptors (Lipinski definition) is 2. The van der Waals surface area contributed by atoms with Crippen LogP contribution in [0, 0.1) is 11.8 Å². The number of allylic oxidation sites excluding steroid dienone is 1. The lowest BCUT2D eigenvalue weighted by Gasteiger charge is -2.11. The van der Waals surface area contributed by atoms with Crippen molar-refractivity contribution in [1.29, 1.82) is 0 Å². The molecule has 23 heavy (non-hydrogen) atoms. The lowest BCUT2D eigenvalue weighted by Crippen LogP contribution is -2.25. The van der Waals surface area contributed by atoms with E-state index in [2.05, 4.69) is 11.8 Å². The van der Waals surface area contributed by atoms with Gasteiger partial charge in [0.1, 0.15) is 0 Å². The second kappa shape index (κ2) is 8.57. The molecule has 0 aliphatic carbocycles. The number of carbonyl (C=O) groups is 1. The summed E-state index contributed by atoms with van der Waals surface area (Å²) in [5, 5.41) is 8.83. The Bertz CT molecular complexity index is 724. The largest absolute Gasteiger partial charge is 0.480 e. The van der Waals surface area contributed by atoms with Gasteiger partial charge in [-0.25, -0.2) is 0 Å². The Kier molecular flexibility index (Phi) is 6.17. The Hall–Kier alpha value is -2.83. The number of benzene rings is 2. The second-order valence-electron chi connectivity index (χ2n) is 5.19. The summed E-state index contributed by atoms with van der Waals surface area (Å²) < 4.78 is 0. The fourth-order valence-corrected chi connectivity index (χ4v) is 2.06. The van der Waals surface area contributed by atoms with E-state index in [1.807, 2.05) is 66.7 Å². The highest BCUT2D eigenvalue weighted by Gasteiger charge is 2.03. The first kappa shape index (κ1) is 16.5. The van der Waals surface area contributed by atoms with Crippen molar-refractivity contribution in [2.24, 2.45) is 0 Å². The van der Waals surface area contributed by atoms with Gasteiger partial charge in [-0.3, -0.25) is 9.69 Å². The zero-order chi connectivity index (χ0) is 16.5. The van der Waals surface area contributed by atoms with Gasteiger partial charge in [-0.05, 0) is 24.7 Å². The lowest BCUT2D eigenvalue weighted by atomic mass is 10.1. The van der Waals surface area contributed by atoms with E-state index in [9.17, 15) is 4.79 Å². The standard InChI is InChI=1S/C20H19NO2/c1-21(16-20(22)23)15-14-19(18-10-6-3-7-11-18)13-12-17-8-4-2-5-9-17/h2-11,14H,15-16H2,1H3,(H,22,23). The predicted octanol–water partition coefficient (Wildman–Crippen LogP) is 3.14. The summed E-state index contributed by atoms with van der Waals surface area (Å²) in [6.07, 6.45) is 1.97. The van der Waals surface area contributed by atoms with Gasteiger partial charge in [-0.15, -0.1) is 0 Å². The van der Waals surface area contributed by atoms with Crippen molar-refractivity contribution in [3.8, 4) is 11.8 Å². The number of carboxylic acids is 1. The minimum atomic E-state index is -0.836. The van der Waals surface area contributed by atoms with Crippen LogP contribution in [0.4, 0.5) is 0 Å². The maximum absolute atomic E-state index is 10.7. The van der Waals surface area contributed by atoms with Gasteiger partial charge in [-0.1, -0.05) is 66.4 Å². The van der Waals surface area contributed by atoms with Crippen molar-refractivity contribution in [3.63, 3.8) is 0 Å². The van der Waals surface area contributed by atoms with Crippen LogP contribution in [-0.2, 0) is 4.79 Å². The quantitative estimate of drug-likeness (QED) is 0.863. The van der Waals surface area contributed by atoms with Crippen molar-refractivity contribution < 1.29 is 9.90 Å². The molecule has 0 unspecified atom stereocenters. The molecular formula is C20H19NO2. The average molecular weight is 305 g/mol. The third-order valence-corrected chi connectivity index (χ3v) is 3.21. The summed E-state index contributed by atoms with van der Waals surface area (Å²) in [7, 11) is 1.78. The molecule has 0 spiro atoms. The smallest absolute Gasteiger partial charge is 0.317 e. The van der Waals surface area contributed by atoms with E-state index in [1.165, 1.54) is 0 Å². The molecule has 0 bridgehead atoms. The van der Waals surface area contributed by atoms with Gasteiger partial charge in [0.05, 0.1) is 6.54 Å². The predicted molar refractivity (Wildman–Crippen MR) is 92.9 cm³/mol. The molecule has 2 rings (SSSR count). The lowest BCUT2D eigenvalue weighted by molar-refractivity contribution is -0.137. The van der Waals surface area contributed by atoms with E-state index < -0.39 is 5.97 Å². The molecule has 2 aromatic carbocycles. The van der Waals surface area contributed by atoms with Gasteiger partial charge in [0, 0.05) is 17.7 Å². The van der Waals surface area contributed by atoms with Crippen LogP contribution in [0.5, 0.6) is 0 Å². The maximum Gasteiger partial charge on any atom is 0.317 e. The Morgan fingerprint density at radius 2 is 1.70 bits per heavy atom. The number of rotatable bonds is 5. The molecule has 2 aromatic rings. The van der Waals surface area contributed by atoms with Crippen LogP contribution in [0.3, 0.4) is 0 Å². The normalized spacial score (nSPS) is 11.0. The second-order valence-corrected chi connectivity index (χ2v) is 5.19. The van der Waals surface area contributed by atoms with E-state index >= 15 is 0 Å². The van der Waals surface area contributed by atoms with Gasteiger partial charge < -0.3 is 5.11 Å². The summed E-state index contributed by atoms with van der Waals surface area (Å²) in [5.41, 5.74) is 2.87. The highest BCUT2D eigenvalue weighted by molar-refractivity contribution is 5.79. The summed E-state index contributed by atoms with van der Waals surface area (Å²) in [6.45, 7) is 0.532. The molecule has 0 aliphatic heterocycles. The minimum Gasteiger partial charge on any atom is -0.480 e. The molecule has 0 heterocycles. The highest BCUT2D eigenvalue weighted by atomic mass is 16.4. The van der Waals surface area contributed by atoms with E-state index in [1.54, 1.807) is 11.9 Å². The van der Waals surface area contributed by atoms with Crippen LogP contribution >= 0.6 is 0 Å². The van der Waals surface area contributed by atoms with E-state index in [-0.39, 0.29) is 6.54 Å². The first-order valence-electron chi connectivity index (χ1n) is 7.38. The van der Waals surface area contributed by atoms with Crippen molar-refractivity contribution in [3.05, 3.63) is 77.9 Å². The Labute approximate surface area is 136 Å². The van der Waals surface area contributed by atoms with Crippen molar-refractivity contribution in [2.45, 2.75) is 0 Å². The minimum absolute atomic E-state index is 0.00465. The monoisotopic (exact) mass is 305 g/mol. The highest BCUT2D eigenvalue weighted by Crippen LogP contribution is 2.13. The average Bonchev–Trinajstić information content (AvgIpc) is 2.56. The van der Waals surface area contributed by atoms with Crippen LogP contribution < -0.4 is 0 Å². The molecule has 3 heteroatoms. The third kappa shape index (κ3) is 5.82. The van der Waals surface area contributed by atoms with Crippen molar-refractivity contribution in [1.82, 2.24) is 4.90 Å². The molecule has 0 atom stereocenters. The van der Waals surface area contributed by atoms with Crippen LogP contribution in [0.2, 0.25) is 0 Å². The summed E-state index contributed by atoms with van der Waals surface area (Å²) in [4.78, 5) is 12.5. The Balaban J connectivity index is 2.23. The Morgan fingerprint density at radius 1 is 1.09 bits per heavy atom. The molecule has 0 aliphatic rings. The fourth-order valence-electron chi connectivity index (χ4n) is 2.06. The number of nitrogens with zero attached hydrogens (tertiary/aromatic N) is 1. The number of carboxylic acid groups (broad SMARTS) is 1. The van der Waals surface area contributed by atoms with Gasteiger partial charge >= 0.3 is 5.97 Å².